The fourth-order valence-corrected chi connectivity index (χ4v) is 3.08. The lowest BCUT2D eigenvalue weighted by Gasteiger charge is -2.37. The minimum Gasteiger partial charge on any atom is -0.339 e. The molecule has 0 radical (unpaired) electrons. The number of nitrogens with zero attached hydrogens (tertiary/aromatic N) is 1. The highest BCUT2D eigenvalue weighted by Crippen LogP contribution is 2.32. The highest BCUT2D eigenvalue weighted by molar-refractivity contribution is 9.10. The molecule has 18 heavy (non-hydrogen) atoms. The maximum absolute atomic E-state index is 12.5. The van der Waals surface area contributed by atoms with Gasteiger partial charge in [-0.1, -0.05) is 31.5 Å². The molecule has 98 valence electrons. The smallest absolute Gasteiger partial charge is 0.256 e. The fourth-order valence-electron chi connectivity index (χ4n) is 2.18. The largest absolute Gasteiger partial charge is 0.339 e. The summed E-state index contributed by atoms with van der Waals surface area (Å²) in [4.78, 5) is 14.4. The van der Waals surface area contributed by atoms with Gasteiger partial charge in [-0.2, -0.15) is 0 Å². The number of hydrogen-bond acceptors (Lipinski definition) is 1. The molecule has 0 N–H and O–H groups in total. The Morgan fingerprint density at radius 2 is 1.94 bits per heavy atom. The lowest BCUT2D eigenvalue weighted by atomic mass is 9.82. The van der Waals surface area contributed by atoms with Crippen molar-refractivity contribution in [3.05, 3.63) is 33.3 Å². The highest BCUT2D eigenvalue weighted by Gasteiger charge is 2.29. The Labute approximate surface area is 121 Å². The molecule has 1 aliphatic rings. The molecule has 0 saturated carbocycles. The Morgan fingerprint density at radius 3 is 2.50 bits per heavy atom. The van der Waals surface area contributed by atoms with Crippen molar-refractivity contribution < 1.29 is 4.79 Å². The number of hydrogen-bond donors (Lipinski definition) is 0. The summed E-state index contributed by atoms with van der Waals surface area (Å²) in [5.41, 5.74) is 0.924. The Balaban J connectivity index is 2.18. The van der Waals surface area contributed by atoms with E-state index in [2.05, 4.69) is 29.8 Å². The van der Waals surface area contributed by atoms with Gasteiger partial charge in [-0.05, 0) is 46.3 Å². The van der Waals surface area contributed by atoms with E-state index >= 15 is 0 Å². The van der Waals surface area contributed by atoms with Crippen LogP contribution in [-0.2, 0) is 0 Å². The zero-order valence-corrected chi connectivity index (χ0v) is 13.0. The van der Waals surface area contributed by atoms with E-state index in [9.17, 15) is 4.79 Å². The van der Waals surface area contributed by atoms with Gasteiger partial charge >= 0.3 is 0 Å². The first-order valence-corrected chi connectivity index (χ1v) is 7.31. The maximum atomic E-state index is 12.5. The van der Waals surface area contributed by atoms with Gasteiger partial charge in [0.1, 0.15) is 0 Å². The summed E-state index contributed by atoms with van der Waals surface area (Å²) >= 11 is 9.53. The van der Waals surface area contributed by atoms with Crippen molar-refractivity contribution in [3.63, 3.8) is 0 Å². The van der Waals surface area contributed by atoms with Crippen molar-refractivity contribution in [1.82, 2.24) is 4.90 Å². The number of piperidine rings is 1. The Hall–Kier alpha value is -0.540. The van der Waals surface area contributed by atoms with Gasteiger partial charge in [0.05, 0.1) is 10.6 Å². The van der Waals surface area contributed by atoms with E-state index in [1.54, 1.807) is 6.07 Å². The Kier molecular flexibility index (Phi) is 4.02. The zero-order chi connectivity index (χ0) is 13.3. The van der Waals surface area contributed by atoms with Crippen molar-refractivity contribution in [3.8, 4) is 0 Å². The zero-order valence-electron chi connectivity index (χ0n) is 10.7. The molecule has 1 aliphatic heterocycles. The second-order valence-corrected chi connectivity index (χ2v) is 6.81. The summed E-state index contributed by atoms with van der Waals surface area (Å²) in [6, 6.07) is 5.45. The van der Waals surface area contributed by atoms with E-state index in [4.69, 9.17) is 11.6 Å². The summed E-state index contributed by atoms with van der Waals surface area (Å²) in [6.07, 6.45) is 2.08. The number of likely N-dealkylation sites (tertiary alicyclic amines) is 1. The first-order valence-electron chi connectivity index (χ1n) is 6.14. The van der Waals surface area contributed by atoms with Gasteiger partial charge in [-0.15, -0.1) is 0 Å². The van der Waals surface area contributed by atoms with E-state index < -0.39 is 0 Å². The Morgan fingerprint density at radius 1 is 1.33 bits per heavy atom. The van der Waals surface area contributed by atoms with Crippen LogP contribution in [0.5, 0.6) is 0 Å². The average Bonchev–Trinajstić information content (AvgIpc) is 2.28. The summed E-state index contributed by atoms with van der Waals surface area (Å²) in [7, 11) is 0. The van der Waals surface area contributed by atoms with Gasteiger partial charge in [0.2, 0.25) is 0 Å². The Bertz CT molecular complexity index is 443. The van der Waals surface area contributed by atoms with E-state index in [0.717, 1.165) is 30.4 Å². The summed E-state index contributed by atoms with van der Waals surface area (Å²) < 4.78 is 0.768. The third kappa shape index (κ3) is 2.89. The van der Waals surface area contributed by atoms with E-state index in [1.807, 2.05) is 17.0 Å². The maximum Gasteiger partial charge on any atom is 0.256 e. The van der Waals surface area contributed by atoms with Crippen LogP contribution in [0, 0.1) is 5.41 Å². The van der Waals surface area contributed by atoms with Gasteiger partial charge in [0.15, 0.2) is 0 Å². The molecule has 0 spiro atoms. The minimum absolute atomic E-state index is 0.0305. The topological polar surface area (TPSA) is 20.3 Å². The molecule has 4 heteroatoms. The quantitative estimate of drug-likeness (QED) is 0.749. The highest BCUT2D eigenvalue weighted by atomic mass is 79.9. The van der Waals surface area contributed by atoms with Crippen molar-refractivity contribution in [2.45, 2.75) is 26.7 Å². The van der Waals surface area contributed by atoms with Crippen LogP contribution in [0.4, 0.5) is 0 Å². The van der Waals surface area contributed by atoms with Crippen molar-refractivity contribution in [2.75, 3.05) is 13.1 Å². The van der Waals surface area contributed by atoms with Gasteiger partial charge in [0.25, 0.3) is 5.91 Å². The third-order valence-corrected chi connectivity index (χ3v) is 4.56. The SMILES string of the molecule is CC1(C)CCN(C(=O)c2c(Cl)cccc2Br)CC1. The molecule has 0 aliphatic carbocycles. The van der Waals surface area contributed by atoms with E-state index in [1.165, 1.54) is 0 Å². The van der Waals surface area contributed by atoms with Gasteiger partial charge in [-0.3, -0.25) is 4.79 Å². The van der Waals surface area contributed by atoms with Gasteiger partial charge in [0, 0.05) is 17.6 Å². The van der Waals surface area contributed by atoms with Crippen molar-refractivity contribution >= 4 is 33.4 Å². The standard InChI is InChI=1S/C14H17BrClNO/c1-14(2)6-8-17(9-7-14)13(18)12-10(15)4-3-5-11(12)16/h3-5H,6-9H2,1-2H3. The van der Waals surface area contributed by atoms with Crippen LogP contribution >= 0.6 is 27.5 Å². The molecule has 1 fully saturated rings. The van der Waals surface area contributed by atoms with Crippen LogP contribution in [0.15, 0.2) is 22.7 Å². The molecule has 0 unspecified atom stereocenters. The predicted octanol–water partition coefficient (Wildman–Crippen LogP) is 4.36. The van der Waals surface area contributed by atoms with Crippen LogP contribution in [0.3, 0.4) is 0 Å². The molecule has 2 rings (SSSR count). The van der Waals surface area contributed by atoms with Gasteiger partial charge < -0.3 is 4.90 Å². The molecule has 1 heterocycles. The van der Waals surface area contributed by atoms with Gasteiger partial charge in [-0.25, -0.2) is 0 Å². The van der Waals surface area contributed by atoms with E-state index in [0.29, 0.717) is 16.0 Å². The normalized spacial score (nSPS) is 18.8. The average molecular weight is 331 g/mol. The molecule has 1 amide bonds. The molecular formula is C14H17BrClNO. The van der Waals surface area contributed by atoms with E-state index in [-0.39, 0.29) is 5.91 Å². The number of amides is 1. The first kappa shape index (κ1) is 13.9. The van der Waals surface area contributed by atoms with Crippen LogP contribution in [0.2, 0.25) is 5.02 Å². The first-order chi connectivity index (χ1) is 8.41. The molecule has 1 saturated heterocycles. The summed E-state index contributed by atoms with van der Waals surface area (Å²) in [6.45, 7) is 6.12. The number of halogens is 2. The van der Waals surface area contributed by atoms with Crippen molar-refractivity contribution in [2.24, 2.45) is 5.41 Å². The molecule has 1 aromatic carbocycles. The summed E-state index contributed by atoms with van der Waals surface area (Å²) in [5.74, 6) is 0.0305. The van der Waals surface area contributed by atoms with Crippen LogP contribution in [0.25, 0.3) is 0 Å². The lowest BCUT2D eigenvalue weighted by molar-refractivity contribution is 0.0629. The number of carbonyl (C=O) groups excluding carboxylic acids is 1. The fraction of sp³-hybridized carbons (Fsp3) is 0.500. The summed E-state index contributed by atoms with van der Waals surface area (Å²) in [5, 5.41) is 0.513. The number of carbonyl (C=O) groups is 1. The van der Waals surface area contributed by atoms with Crippen LogP contribution < -0.4 is 0 Å². The third-order valence-electron chi connectivity index (χ3n) is 3.58. The van der Waals surface area contributed by atoms with Crippen molar-refractivity contribution in [1.29, 1.82) is 0 Å². The second kappa shape index (κ2) is 5.22. The molecule has 0 bridgehead atoms. The van der Waals surface area contributed by atoms with Crippen LogP contribution in [-0.4, -0.2) is 23.9 Å². The molecule has 0 atom stereocenters. The minimum atomic E-state index is 0.0305. The predicted molar refractivity (Wildman–Crippen MR) is 78.1 cm³/mol. The molecule has 2 nitrogen and oxygen atoms in total. The lowest BCUT2D eigenvalue weighted by Crippen LogP contribution is -2.41. The molecule has 1 aromatic rings. The second-order valence-electron chi connectivity index (χ2n) is 5.55. The molecular weight excluding hydrogens is 314 g/mol. The van der Waals surface area contributed by atoms with Crippen LogP contribution in [0.1, 0.15) is 37.0 Å². The molecule has 0 aromatic heterocycles. The number of benzene rings is 1. The monoisotopic (exact) mass is 329 g/mol. The number of rotatable bonds is 1.